The summed E-state index contributed by atoms with van der Waals surface area (Å²) in [7, 11) is 0. The van der Waals surface area contributed by atoms with Gasteiger partial charge in [-0.25, -0.2) is 4.79 Å². The number of halogens is 1. The van der Waals surface area contributed by atoms with Crippen molar-refractivity contribution >= 4 is 15.9 Å². The maximum Gasteiger partial charge on any atom is 0.326 e. The molecule has 1 N–H and O–H groups in total. The second-order valence-corrected chi connectivity index (χ2v) is 3.59. The van der Waals surface area contributed by atoms with E-state index >= 15 is 0 Å². The van der Waals surface area contributed by atoms with Crippen LogP contribution in [0, 0.1) is 6.92 Å². The molecule has 1 aromatic heterocycles. The average Bonchev–Trinajstić information content (AvgIpc) is 2.07. The van der Waals surface area contributed by atoms with Crippen LogP contribution in [0.3, 0.4) is 0 Å². The molecule has 0 aromatic carbocycles. The molecule has 0 unspecified atom stereocenters. The van der Waals surface area contributed by atoms with Crippen molar-refractivity contribution in [3.8, 4) is 0 Å². The van der Waals surface area contributed by atoms with E-state index in [1.165, 1.54) is 0 Å². The zero-order valence-electron chi connectivity index (χ0n) is 6.81. The molecular weight excluding hydrogens is 208 g/mol. The molecule has 0 atom stereocenters. The van der Waals surface area contributed by atoms with E-state index in [2.05, 4.69) is 20.9 Å². The SMILES string of the molecule is Cc1c(Br)[nH]c(=O)n1C(C)C. The number of nitrogens with one attached hydrogen (secondary N) is 1. The van der Waals surface area contributed by atoms with Gasteiger partial charge in [0.2, 0.25) is 0 Å². The Balaban J connectivity index is 3.34. The Labute approximate surface area is 73.6 Å². The Hall–Kier alpha value is -0.510. The second-order valence-electron chi connectivity index (χ2n) is 2.79. The topological polar surface area (TPSA) is 37.8 Å². The fourth-order valence-corrected chi connectivity index (χ4v) is 1.49. The number of aromatic nitrogens is 2. The van der Waals surface area contributed by atoms with E-state index in [0.717, 1.165) is 10.3 Å². The number of rotatable bonds is 1. The third-order valence-corrected chi connectivity index (χ3v) is 2.40. The quantitative estimate of drug-likeness (QED) is 0.768. The number of H-pyrrole nitrogens is 1. The highest BCUT2D eigenvalue weighted by atomic mass is 79.9. The average molecular weight is 219 g/mol. The van der Waals surface area contributed by atoms with Gasteiger partial charge in [0.1, 0.15) is 4.60 Å². The molecule has 0 fully saturated rings. The van der Waals surface area contributed by atoms with Crippen molar-refractivity contribution in [3.05, 3.63) is 20.8 Å². The van der Waals surface area contributed by atoms with Crippen LogP contribution in [0.1, 0.15) is 25.6 Å². The summed E-state index contributed by atoms with van der Waals surface area (Å²) in [6, 6.07) is 0.213. The van der Waals surface area contributed by atoms with Gasteiger partial charge in [-0.2, -0.15) is 0 Å². The van der Waals surface area contributed by atoms with E-state index in [0.29, 0.717) is 0 Å². The summed E-state index contributed by atoms with van der Waals surface area (Å²) in [5, 5.41) is 0. The summed E-state index contributed by atoms with van der Waals surface area (Å²) in [6.45, 7) is 5.87. The number of hydrogen-bond acceptors (Lipinski definition) is 1. The highest BCUT2D eigenvalue weighted by Gasteiger charge is 2.09. The first-order valence-electron chi connectivity index (χ1n) is 3.50. The summed E-state index contributed by atoms with van der Waals surface area (Å²) < 4.78 is 2.49. The third kappa shape index (κ3) is 1.40. The van der Waals surface area contributed by atoms with Crippen molar-refractivity contribution in [2.75, 3.05) is 0 Å². The summed E-state index contributed by atoms with van der Waals surface area (Å²) in [5.41, 5.74) is 0.898. The van der Waals surface area contributed by atoms with Crippen LogP contribution >= 0.6 is 15.9 Å². The summed E-state index contributed by atoms with van der Waals surface area (Å²) in [4.78, 5) is 13.9. The van der Waals surface area contributed by atoms with Crippen LogP contribution in [0.2, 0.25) is 0 Å². The Morgan fingerprint density at radius 3 is 2.27 bits per heavy atom. The Bertz CT molecular complexity index is 311. The van der Waals surface area contributed by atoms with Crippen LogP contribution in [0.15, 0.2) is 9.40 Å². The molecule has 0 aliphatic carbocycles. The van der Waals surface area contributed by atoms with Gasteiger partial charge >= 0.3 is 5.69 Å². The van der Waals surface area contributed by atoms with Gasteiger partial charge in [-0.05, 0) is 36.7 Å². The largest absolute Gasteiger partial charge is 0.326 e. The van der Waals surface area contributed by atoms with Crippen LogP contribution in [-0.2, 0) is 0 Å². The van der Waals surface area contributed by atoms with Gasteiger partial charge < -0.3 is 0 Å². The van der Waals surface area contributed by atoms with Crippen LogP contribution < -0.4 is 5.69 Å². The molecule has 0 spiro atoms. The molecule has 11 heavy (non-hydrogen) atoms. The normalized spacial score (nSPS) is 11.0. The fourth-order valence-electron chi connectivity index (χ4n) is 1.12. The van der Waals surface area contributed by atoms with Gasteiger partial charge in [-0.1, -0.05) is 0 Å². The summed E-state index contributed by atoms with van der Waals surface area (Å²) in [6.07, 6.45) is 0. The first kappa shape index (κ1) is 8.59. The molecular formula is C7H11BrN2O. The maximum atomic E-state index is 11.2. The Morgan fingerprint density at radius 1 is 1.55 bits per heavy atom. The predicted octanol–water partition coefficient (Wildman–Crippen LogP) is 1.83. The molecule has 1 heterocycles. The zero-order chi connectivity index (χ0) is 8.59. The van der Waals surface area contributed by atoms with E-state index < -0.39 is 0 Å². The molecule has 62 valence electrons. The lowest BCUT2D eigenvalue weighted by Crippen LogP contribution is -2.19. The summed E-state index contributed by atoms with van der Waals surface area (Å²) >= 11 is 3.26. The van der Waals surface area contributed by atoms with Crippen LogP contribution in [0.4, 0.5) is 0 Å². The van der Waals surface area contributed by atoms with E-state index in [-0.39, 0.29) is 11.7 Å². The van der Waals surface area contributed by atoms with E-state index in [4.69, 9.17) is 0 Å². The van der Waals surface area contributed by atoms with E-state index in [9.17, 15) is 4.79 Å². The second kappa shape index (κ2) is 2.85. The molecule has 4 heteroatoms. The number of aromatic amines is 1. The number of hydrogen-bond donors (Lipinski definition) is 1. The smallest absolute Gasteiger partial charge is 0.300 e. The van der Waals surface area contributed by atoms with Gasteiger partial charge in [0, 0.05) is 6.04 Å². The van der Waals surface area contributed by atoms with Gasteiger partial charge in [0.05, 0.1) is 5.69 Å². The molecule has 0 aliphatic heterocycles. The number of nitrogens with zero attached hydrogens (tertiary/aromatic N) is 1. The van der Waals surface area contributed by atoms with Gasteiger partial charge in [0.15, 0.2) is 0 Å². The van der Waals surface area contributed by atoms with Gasteiger partial charge in [-0.15, -0.1) is 0 Å². The maximum absolute atomic E-state index is 11.2. The first-order chi connectivity index (χ1) is 5.04. The van der Waals surface area contributed by atoms with Gasteiger partial charge in [-0.3, -0.25) is 9.55 Å². The van der Waals surface area contributed by atoms with Crippen molar-refractivity contribution < 1.29 is 0 Å². The molecule has 1 aromatic rings. The first-order valence-corrected chi connectivity index (χ1v) is 4.30. The molecule has 3 nitrogen and oxygen atoms in total. The predicted molar refractivity (Wildman–Crippen MR) is 47.9 cm³/mol. The monoisotopic (exact) mass is 218 g/mol. The lowest BCUT2D eigenvalue weighted by molar-refractivity contribution is 0.566. The molecule has 0 saturated carbocycles. The molecule has 0 saturated heterocycles. The lowest BCUT2D eigenvalue weighted by atomic mass is 10.4. The minimum Gasteiger partial charge on any atom is -0.300 e. The van der Waals surface area contributed by atoms with Crippen molar-refractivity contribution in [1.82, 2.24) is 9.55 Å². The Kier molecular flexibility index (Phi) is 2.23. The van der Waals surface area contributed by atoms with E-state index in [1.807, 2.05) is 20.8 Å². The molecule has 0 radical (unpaired) electrons. The highest BCUT2D eigenvalue weighted by Crippen LogP contribution is 2.13. The standard InChI is InChI=1S/C7H11BrN2O/c1-4(2)10-5(3)6(8)9-7(10)11/h4H,1-3H3,(H,9,11). The van der Waals surface area contributed by atoms with Crippen molar-refractivity contribution in [1.29, 1.82) is 0 Å². The molecule has 1 rings (SSSR count). The minimum absolute atomic E-state index is 0.0515. The van der Waals surface area contributed by atoms with Crippen LogP contribution in [-0.4, -0.2) is 9.55 Å². The zero-order valence-corrected chi connectivity index (χ0v) is 8.40. The lowest BCUT2D eigenvalue weighted by Gasteiger charge is -2.06. The minimum atomic E-state index is -0.0515. The molecule has 0 aliphatic rings. The Morgan fingerprint density at radius 2 is 2.09 bits per heavy atom. The van der Waals surface area contributed by atoms with Crippen molar-refractivity contribution in [2.45, 2.75) is 26.8 Å². The van der Waals surface area contributed by atoms with Crippen LogP contribution in [0.5, 0.6) is 0 Å². The summed E-state index contributed by atoms with van der Waals surface area (Å²) in [5.74, 6) is 0. The highest BCUT2D eigenvalue weighted by molar-refractivity contribution is 9.10. The molecule has 0 bridgehead atoms. The van der Waals surface area contributed by atoms with Gasteiger partial charge in [0.25, 0.3) is 0 Å². The van der Waals surface area contributed by atoms with Crippen LogP contribution in [0.25, 0.3) is 0 Å². The van der Waals surface area contributed by atoms with E-state index in [1.54, 1.807) is 4.57 Å². The fraction of sp³-hybridized carbons (Fsp3) is 0.571. The van der Waals surface area contributed by atoms with Crippen molar-refractivity contribution in [2.24, 2.45) is 0 Å². The number of imidazole rings is 1. The van der Waals surface area contributed by atoms with Crippen molar-refractivity contribution in [3.63, 3.8) is 0 Å². The molecule has 0 amide bonds. The third-order valence-electron chi connectivity index (χ3n) is 1.63.